The third-order valence-electron chi connectivity index (χ3n) is 0. The molecule has 12 nitrogen and oxygen atoms in total. The summed E-state index contributed by atoms with van der Waals surface area (Å²) < 4.78 is 94.8. The van der Waals surface area contributed by atoms with Crippen molar-refractivity contribution < 1.29 is 52.6 Å². The maximum atomic E-state index is 8.74. The van der Waals surface area contributed by atoms with Crippen LogP contribution in [0.5, 0.6) is 0 Å². The van der Waals surface area contributed by atoms with Gasteiger partial charge in [0.05, 0.1) is 0 Å². The van der Waals surface area contributed by atoms with E-state index in [-0.39, 0.29) is 207 Å². The number of rotatable bonds is 0. The molecule has 6 N–H and O–H groups in total. The van der Waals surface area contributed by atoms with Crippen LogP contribution >= 0.6 is 0 Å². The Balaban J connectivity index is -0.0000000106. The van der Waals surface area contributed by atoms with Gasteiger partial charge in [-0.3, -0.25) is 27.3 Å². The Morgan fingerprint density at radius 1 is 0.318 bits per heavy atom. The molecule has 0 aliphatic rings. The summed E-state index contributed by atoms with van der Waals surface area (Å²) in [4.78, 5) is 0. The summed E-state index contributed by atoms with van der Waals surface area (Å²) in [5, 5.41) is 0. The normalized spacial score (nSPS) is 7.91. The Bertz CT molecular complexity index is 352. The maximum absolute atomic E-state index is 8.74. The Labute approximate surface area is 283 Å². The predicted molar refractivity (Wildman–Crippen MR) is 92.6 cm³/mol. The molecule has 0 aliphatic heterocycles. The molecule has 0 atom stereocenters. The number of hydrogen-bond acceptors (Lipinski definition) is 6. The standard InChI is InChI=1S/7Na.3H2O4S.7H/c;;;;;;;3*1-5(2,3)4;;;;;;;/h;;;;;;;3*(H2,1,2,3,4);;;;;;;. The van der Waals surface area contributed by atoms with Crippen LogP contribution in [0, 0.1) is 0 Å². The van der Waals surface area contributed by atoms with Gasteiger partial charge in [-0.15, -0.1) is 0 Å². The Morgan fingerprint density at radius 2 is 0.318 bits per heavy atom. The molecule has 0 aromatic carbocycles. The van der Waals surface area contributed by atoms with Crippen molar-refractivity contribution >= 4 is 238 Å². The van der Waals surface area contributed by atoms with Gasteiger partial charge in [0.25, 0.3) is 0 Å². The average Bonchev–Trinajstić information content (AvgIpc) is 1.41. The first-order valence-corrected chi connectivity index (χ1v) is 6.29. The van der Waals surface area contributed by atoms with Crippen LogP contribution in [-0.4, -0.2) is 259 Å². The van der Waals surface area contributed by atoms with Crippen molar-refractivity contribution in [1.29, 1.82) is 0 Å². The van der Waals surface area contributed by atoms with Crippen LogP contribution in [0.3, 0.4) is 0 Å². The molecule has 22 heteroatoms. The zero-order chi connectivity index (χ0) is 13.5. The van der Waals surface area contributed by atoms with Crippen molar-refractivity contribution in [3.8, 4) is 0 Å². The second-order valence-corrected chi connectivity index (χ2v) is 4.03. The molecule has 0 fully saturated rings. The first-order chi connectivity index (χ1) is 6.00. The SMILES string of the molecule is O=S(=O)(O)O.O=S(=O)(O)O.O=S(=O)(O)O.[NaH].[NaH].[NaH].[NaH].[NaH].[NaH].[NaH]. The summed E-state index contributed by atoms with van der Waals surface area (Å²) in [5.74, 6) is 0. The molecule has 110 valence electrons. The molecule has 0 amide bonds. The van der Waals surface area contributed by atoms with Gasteiger partial charge < -0.3 is 0 Å². The van der Waals surface area contributed by atoms with Gasteiger partial charge in [0.1, 0.15) is 0 Å². The third-order valence-corrected chi connectivity index (χ3v) is 0. The van der Waals surface area contributed by atoms with Crippen molar-refractivity contribution in [2.24, 2.45) is 0 Å². The summed E-state index contributed by atoms with van der Waals surface area (Å²) >= 11 is 0. The molecule has 0 saturated heterocycles. The molecular formula is H13Na7O12S3. The van der Waals surface area contributed by atoms with Crippen LogP contribution in [-0.2, 0) is 31.2 Å². The molecule has 0 saturated carbocycles. The fourth-order valence-corrected chi connectivity index (χ4v) is 0. The van der Waals surface area contributed by atoms with Gasteiger partial charge in [-0.2, -0.15) is 25.3 Å². The van der Waals surface area contributed by atoms with E-state index in [1.807, 2.05) is 0 Å². The molecule has 0 bridgehead atoms. The molecule has 0 unspecified atom stereocenters. The topological polar surface area (TPSA) is 224 Å². The van der Waals surface area contributed by atoms with E-state index in [0.29, 0.717) is 0 Å². The quantitative estimate of drug-likeness (QED) is 0.146. The fourth-order valence-electron chi connectivity index (χ4n) is 0. The van der Waals surface area contributed by atoms with Crippen molar-refractivity contribution in [3.05, 3.63) is 0 Å². The molecule has 0 aromatic rings. The second kappa shape index (κ2) is 32.3. The minimum absolute atomic E-state index is 0. The molecule has 0 spiro atoms. The van der Waals surface area contributed by atoms with Crippen LogP contribution in [0.1, 0.15) is 0 Å². The van der Waals surface area contributed by atoms with E-state index in [2.05, 4.69) is 0 Å². The van der Waals surface area contributed by atoms with Crippen molar-refractivity contribution in [3.63, 3.8) is 0 Å². The van der Waals surface area contributed by atoms with Crippen LogP contribution in [0.25, 0.3) is 0 Å². The van der Waals surface area contributed by atoms with E-state index in [1.165, 1.54) is 0 Å². The summed E-state index contributed by atoms with van der Waals surface area (Å²) in [7, 11) is -14.0. The first-order valence-electron chi connectivity index (χ1n) is 2.10. The van der Waals surface area contributed by atoms with E-state index in [1.54, 1.807) is 0 Å². The Morgan fingerprint density at radius 3 is 0.318 bits per heavy atom. The molecule has 22 heavy (non-hydrogen) atoms. The molecule has 0 rings (SSSR count). The Hall–Kier alpha value is 6.61. The average molecular weight is 462 g/mol. The van der Waals surface area contributed by atoms with E-state index >= 15 is 0 Å². The van der Waals surface area contributed by atoms with E-state index < -0.39 is 31.2 Å². The zero-order valence-corrected chi connectivity index (χ0v) is 8.81. The van der Waals surface area contributed by atoms with Gasteiger partial charge in [0.15, 0.2) is 0 Å². The number of hydrogen-bond donors (Lipinski definition) is 6. The van der Waals surface area contributed by atoms with Crippen molar-refractivity contribution in [2.45, 2.75) is 0 Å². The summed E-state index contributed by atoms with van der Waals surface area (Å²) in [6, 6.07) is 0. The van der Waals surface area contributed by atoms with Crippen LogP contribution in [0.4, 0.5) is 0 Å². The van der Waals surface area contributed by atoms with Crippen LogP contribution < -0.4 is 0 Å². The first kappa shape index (κ1) is 63.0. The second-order valence-electron chi connectivity index (χ2n) is 1.34. The monoisotopic (exact) mass is 462 g/mol. The Kier molecular flexibility index (Phi) is 92.4. The van der Waals surface area contributed by atoms with Crippen LogP contribution in [0.15, 0.2) is 0 Å². The van der Waals surface area contributed by atoms with Crippen molar-refractivity contribution in [1.82, 2.24) is 0 Å². The minimum atomic E-state index is -4.67. The van der Waals surface area contributed by atoms with E-state index in [0.717, 1.165) is 0 Å². The third kappa shape index (κ3) is 399. The van der Waals surface area contributed by atoms with Gasteiger partial charge in [0, 0.05) is 0 Å². The molecule has 0 radical (unpaired) electrons. The van der Waals surface area contributed by atoms with E-state index in [9.17, 15) is 0 Å². The van der Waals surface area contributed by atoms with E-state index in [4.69, 9.17) is 52.6 Å². The zero-order valence-electron chi connectivity index (χ0n) is 6.36. The fraction of sp³-hybridized carbons (Fsp3) is 0. The van der Waals surface area contributed by atoms with Crippen LogP contribution in [0.2, 0.25) is 0 Å². The van der Waals surface area contributed by atoms with Gasteiger partial charge in [-0.05, 0) is 0 Å². The van der Waals surface area contributed by atoms with Gasteiger partial charge >= 0.3 is 238 Å². The van der Waals surface area contributed by atoms with Gasteiger partial charge in [-0.25, -0.2) is 0 Å². The van der Waals surface area contributed by atoms with Gasteiger partial charge in [-0.1, -0.05) is 0 Å². The van der Waals surface area contributed by atoms with Gasteiger partial charge in [0.2, 0.25) is 0 Å². The molecule has 0 aromatic heterocycles. The molecule has 0 aliphatic carbocycles. The summed E-state index contributed by atoms with van der Waals surface area (Å²) in [6.07, 6.45) is 0. The van der Waals surface area contributed by atoms with Crippen molar-refractivity contribution in [2.75, 3.05) is 0 Å². The summed E-state index contributed by atoms with van der Waals surface area (Å²) in [5.41, 5.74) is 0. The summed E-state index contributed by atoms with van der Waals surface area (Å²) in [6.45, 7) is 0. The molecular weight excluding hydrogens is 449 g/mol. The molecule has 0 heterocycles. The predicted octanol–water partition coefficient (Wildman–Crippen LogP) is -6.50.